The van der Waals surface area contributed by atoms with Crippen LogP contribution in [0.3, 0.4) is 0 Å². The summed E-state index contributed by atoms with van der Waals surface area (Å²) in [7, 11) is 0. The fourth-order valence-electron chi connectivity index (χ4n) is 2.77. The average molecular weight is 331 g/mol. The standard InChI is InChI=1S/C16H21N5OS/c1-12-11-23-16(18-12)21-8-7-20(9-13(21)2)10-15(22)19-14-3-5-17-6-4-14/h3-6,11,13H,7-10H2,1-2H3,(H,17,19,22)/t13-/m0/s1. The topological polar surface area (TPSA) is 61.4 Å². The minimum absolute atomic E-state index is 0.0157. The maximum absolute atomic E-state index is 12.1. The van der Waals surface area contributed by atoms with Gasteiger partial charge in [0.2, 0.25) is 5.91 Å². The van der Waals surface area contributed by atoms with E-state index < -0.39 is 0 Å². The molecule has 1 aliphatic rings. The number of aromatic nitrogens is 2. The molecule has 3 heterocycles. The first kappa shape index (κ1) is 15.9. The predicted molar refractivity (Wildman–Crippen MR) is 93.0 cm³/mol. The van der Waals surface area contributed by atoms with Gasteiger partial charge in [-0.15, -0.1) is 11.3 Å². The Bertz CT molecular complexity index is 660. The van der Waals surface area contributed by atoms with Crippen LogP contribution < -0.4 is 10.2 Å². The molecule has 2 aromatic rings. The van der Waals surface area contributed by atoms with Crippen molar-refractivity contribution in [3.8, 4) is 0 Å². The van der Waals surface area contributed by atoms with Gasteiger partial charge < -0.3 is 10.2 Å². The molecule has 6 nitrogen and oxygen atoms in total. The number of amides is 1. The minimum Gasteiger partial charge on any atom is -0.343 e. The fraction of sp³-hybridized carbons (Fsp3) is 0.438. The highest BCUT2D eigenvalue weighted by Crippen LogP contribution is 2.24. The zero-order valence-corrected chi connectivity index (χ0v) is 14.2. The summed E-state index contributed by atoms with van der Waals surface area (Å²) in [5.41, 5.74) is 1.85. The van der Waals surface area contributed by atoms with Gasteiger partial charge in [0, 0.05) is 49.1 Å². The van der Waals surface area contributed by atoms with Gasteiger partial charge in [-0.05, 0) is 26.0 Å². The smallest absolute Gasteiger partial charge is 0.238 e. The van der Waals surface area contributed by atoms with Crippen molar-refractivity contribution in [2.24, 2.45) is 0 Å². The van der Waals surface area contributed by atoms with Gasteiger partial charge in [0.05, 0.1) is 12.2 Å². The van der Waals surface area contributed by atoms with Crippen molar-refractivity contribution in [3.05, 3.63) is 35.6 Å². The summed E-state index contributed by atoms with van der Waals surface area (Å²) >= 11 is 1.69. The van der Waals surface area contributed by atoms with E-state index in [-0.39, 0.29) is 5.91 Å². The molecule has 7 heteroatoms. The molecule has 122 valence electrons. The molecular formula is C16H21N5OS. The lowest BCUT2D eigenvalue weighted by atomic mass is 10.2. The Morgan fingerprint density at radius 2 is 2.17 bits per heavy atom. The SMILES string of the molecule is Cc1csc(N2CCN(CC(=O)Nc3ccncc3)C[C@@H]2C)n1. The zero-order valence-electron chi connectivity index (χ0n) is 13.4. The number of carbonyl (C=O) groups excluding carboxylic acids is 1. The lowest BCUT2D eigenvalue weighted by molar-refractivity contribution is -0.117. The van der Waals surface area contributed by atoms with E-state index in [0.717, 1.165) is 36.1 Å². The van der Waals surface area contributed by atoms with E-state index in [2.05, 4.69) is 37.4 Å². The molecule has 0 bridgehead atoms. The van der Waals surface area contributed by atoms with Crippen molar-refractivity contribution in [1.82, 2.24) is 14.9 Å². The quantitative estimate of drug-likeness (QED) is 0.928. The molecule has 1 saturated heterocycles. The Balaban J connectivity index is 1.52. The van der Waals surface area contributed by atoms with E-state index in [9.17, 15) is 4.79 Å². The van der Waals surface area contributed by atoms with Gasteiger partial charge in [-0.25, -0.2) is 4.98 Å². The second-order valence-corrected chi connectivity index (χ2v) is 6.67. The fourth-order valence-corrected chi connectivity index (χ4v) is 3.71. The summed E-state index contributed by atoms with van der Waals surface area (Å²) in [5, 5.41) is 6.07. The lowest BCUT2D eigenvalue weighted by Gasteiger charge is -2.39. The third-order valence-corrected chi connectivity index (χ3v) is 4.89. The van der Waals surface area contributed by atoms with Crippen LogP contribution in [0.2, 0.25) is 0 Å². The maximum Gasteiger partial charge on any atom is 0.238 e. The normalized spacial score (nSPS) is 18.9. The minimum atomic E-state index is 0.0157. The molecule has 1 atom stereocenters. The second-order valence-electron chi connectivity index (χ2n) is 5.83. The number of thiazole rings is 1. The van der Waals surface area contributed by atoms with Crippen molar-refractivity contribution < 1.29 is 4.79 Å². The molecule has 2 aromatic heterocycles. The highest BCUT2D eigenvalue weighted by Gasteiger charge is 2.26. The van der Waals surface area contributed by atoms with Crippen molar-refractivity contribution in [1.29, 1.82) is 0 Å². The molecule has 1 N–H and O–H groups in total. The van der Waals surface area contributed by atoms with Gasteiger partial charge in [0.1, 0.15) is 0 Å². The van der Waals surface area contributed by atoms with Crippen molar-refractivity contribution in [2.45, 2.75) is 19.9 Å². The van der Waals surface area contributed by atoms with Gasteiger partial charge in [-0.1, -0.05) is 0 Å². The molecule has 0 aliphatic carbocycles. The Hall–Kier alpha value is -1.99. The predicted octanol–water partition coefficient (Wildman–Crippen LogP) is 2.00. The molecule has 1 fully saturated rings. The summed E-state index contributed by atoms with van der Waals surface area (Å²) in [5.74, 6) is 0.0157. The third kappa shape index (κ3) is 4.05. The van der Waals surface area contributed by atoms with E-state index in [1.54, 1.807) is 35.9 Å². The highest BCUT2D eigenvalue weighted by atomic mass is 32.1. The molecule has 0 aromatic carbocycles. The largest absolute Gasteiger partial charge is 0.343 e. The van der Waals surface area contributed by atoms with Crippen LogP contribution in [0.4, 0.5) is 10.8 Å². The van der Waals surface area contributed by atoms with E-state index in [1.807, 2.05) is 6.92 Å². The average Bonchev–Trinajstić information content (AvgIpc) is 2.94. The number of anilines is 2. The third-order valence-electron chi connectivity index (χ3n) is 3.90. The van der Waals surface area contributed by atoms with Gasteiger partial charge in [0.15, 0.2) is 5.13 Å². The van der Waals surface area contributed by atoms with Crippen LogP contribution in [0.15, 0.2) is 29.9 Å². The van der Waals surface area contributed by atoms with Crippen LogP contribution >= 0.6 is 11.3 Å². The molecule has 0 saturated carbocycles. The van der Waals surface area contributed by atoms with Crippen LogP contribution in [0.1, 0.15) is 12.6 Å². The summed E-state index contributed by atoms with van der Waals surface area (Å²) < 4.78 is 0. The summed E-state index contributed by atoms with van der Waals surface area (Å²) in [4.78, 5) is 25.2. The number of hydrogen-bond acceptors (Lipinski definition) is 6. The number of hydrogen-bond donors (Lipinski definition) is 1. The molecule has 0 spiro atoms. The molecule has 0 unspecified atom stereocenters. The summed E-state index contributed by atoms with van der Waals surface area (Å²) in [6.45, 7) is 7.25. The number of nitrogens with zero attached hydrogens (tertiary/aromatic N) is 4. The van der Waals surface area contributed by atoms with Gasteiger partial charge in [-0.3, -0.25) is 14.7 Å². The molecule has 1 amide bonds. The Morgan fingerprint density at radius 3 is 2.83 bits per heavy atom. The number of aryl methyl sites for hydroxylation is 1. The Labute approximate surface area is 140 Å². The van der Waals surface area contributed by atoms with E-state index in [4.69, 9.17) is 0 Å². The van der Waals surface area contributed by atoms with Crippen LogP contribution in [-0.2, 0) is 4.79 Å². The monoisotopic (exact) mass is 331 g/mol. The zero-order chi connectivity index (χ0) is 16.2. The first-order valence-corrected chi connectivity index (χ1v) is 8.61. The van der Waals surface area contributed by atoms with Gasteiger partial charge in [0.25, 0.3) is 0 Å². The van der Waals surface area contributed by atoms with Crippen LogP contribution in [0.25, 0.3) is 0 Å². The Morgan fingerprint density at radius 1 is 1.39 bits per heavy atom. The number of carbonyl (C=O) groups is 1. The number of nitrogens with one attached hydrogen (secondary N) is 1. The molecular weight excluding hydrogens is 310 g/mol. The summed E-state index contributed by atoms with van der Waals surface area (Å²) in [6, 6.07) is 3.94. The number of pyridine rings is 1. The maximum atomic E-state index is 12.1. The van der Waals surface area contributed by atoms with Crippen molar-refractivity contribution in [3.63, 3.8) is 0 Å². The van der Waals surface area contributed by atoms with E-state index in [0.29, 0.717) is 12.6 Å². The van der Waals surface area contributed by atoms with Gasteiger partial charge in [-0.2, -0.15) is 0 Å². The molecule has 3 rings (SSSR count). The van der Waals surface area contributed by atoms with Crippen molar-refractivity contribution in [2.75, 3.05) is 36.4 Å². The summed E-state index contributed by atoms with van der Waals surface area (Å²) in [6.07, 6.45) is 3.35. The number of rotatable bonds is 4. The first-order chi connectivity index (χ1) is 11.1. The van der Waals surface area contributed by atoms with Crippen LogP contribution in [0.5, 0.6) is 0 Å². The van der Waals surface area contributed by atoms with E-state index in [1.165, 1.54) is 0 Å². The van der Waals surface area contributed by atoms with Crippen molar-refractivity contribution >= 4 is 28.1 Å². The highest BCUT2D eigenvalue weighted by molar-refractivity contribution is 7.13. The van der Waals surface area contributed by atoms with Crippen LogP contribution in [-0.4, -0.2) is 53.0 Å². The first-order valence-electron chi connectivity index (χ1n) is 7.73. The molecule has 23 heavy (non-hydrogen) atoms. The number of piperazine rings is 1. The lowest BCUT2D eigenvalue weighted by Crippen LogP contribution is -2.53. The van der Waals surface area contributed by atoms with E-state index >= 15 is 0 Å². The molecule has 0 radical (unpaired) electrons. The molecule has 1 aliphatic heterocycles. The van der Waals surface area contributed by atoms with Crippen LogP contribution in [0, 0.1) is 6.92 Å². The van der Waals surface area contributed by atoms with Gasteiger partial charge >= 0.3 is 0 Å². The Kier molecular flexibility index (Phi) is 4.88. The second kappa shape index (κ2) is 7.06.